The Bertz CT molecular complexity index is 798. The van der Waals surface area contributed by atoms with Crippen LogP contribution in [0.1, 0.15) is 67.1 Å². The Morgan fingerprint density at radius 2 is 1.57 bits per heavy atom. The summed E-state index contributed by atoms with van der Waals surface area (Å²) in [7, 11) is 0. The molecule has 1 unspecified atom stereocenters. The first-order chi connectivity index (χ1) is 13.6. The van der Waals surface area contributed by atoms with Crippen molar-refractivity contribution in [2.24, 2.45) is 0 Å². The summed E-state index contributed by atoms with van der Waals surface area (Å²) in [6.07, 6.45) is 2.08. The van der Waals surface area contributed by atoms with Crippen molar-refractivity contribution in [3.63, 3.8) is 0 Å². The Balaban J connectivity index is 2.24. The molecule has 2 aromatic rings. The number of rotatable bonds is 9. The highest BCUT2D eigenvalue weighted by molar-refractivity contribution is 5.94. The molecule has 0 fully saturated rings. The normalized spacial score (nSPS) is 11.5. The van der Waals surface area contributed by atoms with Gasteiger partial charge in [-0.15, -0.1) is 0 Å². The van der Waals surface area contributed by atoms with Gasteiger partial charge in [-0.3, -0.25) is 4.79 Å². The van der Waals surface area contributed by atoms with Crippen LogP contribution < -0.4 is 0 Å². The molecule has 0 saturated carbocycles. The van der Waals surface area contributed by atoms with Gasteiger partial charge in [0.05, 0.1) is 5.56 Å². The highest BCUT2D eigenvalue weighted by Gasteiger charge is 2.29. The molecule has 0 spiro atoms. The zero-order valence-electron chi connectivity index (χ0n) is 16.4. The zero-order chi connectivity index (χ0) is 20.4. The van der Waals surface area contributed by atoms with Crippen LogP contribution in [0.2, 0.25) is 0 Å². The van der Waals surface area contributed by atoms with Gasteiger partial charge in [-0.2, -0.15) is 0 Å². The van der Waals surface area contributed by atoms with E-state index in [0.29, 0.717) is 17.5 Å². The molecule has 2 aromatic carbocycles. The number of aryl methyl sites for hydroxylation is 1. The molecule has 0 amide bonds. The first-order valence-electron chi connectivity index (χ1n) is 9.65. The quantitative estimate of drug-likeness (QED) is 0.460. The van der Waals surface area contributed by atoms with Crippen molar-refractivity contribution in [3.05, 3.63) is 71.3 Å². The first-order valence-corrected chi connectivity index (χ1v) is 9.65. The van der Waals surface area contributed by atoms with Crippen molar-refractivity contribution in [2.75, 3.05) is 0 Å². The van der Waals surface area contributed by atoms with Gasteiger partial charge in [0.15, 0.2) is 0 Å². The fraction of sp³-hybridized carbons (Fsp3) is 0.348. The largest absolute Gasteiger partial charge is 0.442 e. The lowest BCUT2D eigenvalue weighted by Crippen LogP contribution is -2.25. The minimum Gasteiger partial charge on any atom is -0.442 e. The molecular weight excluding hydrogens is 356 g/mol. The van der Waals surface area contributed by atoms with Crippen molar-refractivity contribution >= 4 is 17.9 Å². The van der Waals surface area contributed by atoms with E-state index in [-0.39, 0.29) is 6.42 Å². The molecule has 1 atom stereocenters. The van der Waals surface area contributed by atoms with E-state index >= 15 is 0 Å². The van der Waals surface area contributed by atoms with Crippen LogP contribution in [0.15, 0.2) is 54.6 Å². The minimum absolute atomic E-state index is 0.126. The number of unbranched alkanes of at least 4 members (excludes halogenated alkanes) is 1. The highest BCUT2D eigenvalue weighted by Crippen LogP contribution is 2.23. The summed E-state index contributed by atoms with van der Waals surface area (Å²) in [6.45, 7) is 3.89. The summed E-state index contributed by atoms with van der Waals surface area (Å²) < 4.78 is 10.4. The van der Waals surface area contributed by atoms with E-state index < -0.39 is 24.0 Å². The Morgan fingerprint density at radius 3 is 2.25 bits per heavy atom. The van der Waals surface area contributed by atoms with E-state index in [9.17, 15) is 14.4 Å². The smallest absolute Gasteiger partial charge is 0.359 e. The maximum atomic E-state index is 12.8. The molecule has 0 saturated heterocycles. The molecule has 2 rings (SSSR count). The third-order valence-electron chi connectivity index (χ3n) is 4.25. The number of esters is 3. The van der Waals surface area contributed by atoms with Gasteiger partial charge in [0.25, 0.3) is 0 Å². The van der Waals surface area contributed by atoms with E-state index in [2.05, 4.69) is 6.92 Å². The SMILES string of the molecule is CCCCc1ccccc1C(=O)OC(C(=O)OC(=O)CCC)c1ccccc1. The van der Waals surface area contributed by atoms with Crippen molar-refractivity contribution in [1.82, 2.24) is 0 Å². The average molecular weight is 382 g/mol. The highest BCUT2D eigenvalue weighted by atomic mass is 16.6. The number of ether oxygens (including phenoxy) is 2. The number of hydrogen-bond donors (Lipinski definition) is 0. The third-order valence-corrected chi connectivity index (χ3v) is 4.25. The van der Waals surface area contributed by atoms with Crippen LogP contribution in [-0.2, 0) is 25.5 Å². The monoisotopic (exact) mass is 382 g/mol. The molecule has 0 radical (unpaired) electrons. The van der Waals surface area contributed by atoms with Gasteiger partial charge in [0.2, 0.25) is 6.10 Å². The van der Waals surface area contributed by atoms with Gasteiger partial charge < -0.3 is 9.47 Å². The summed E-state index contributed by atoms with van der Waals surface area (Å²) in [5.41, 5.74) is 1.75. The number of benzene rings is 2. The number of carbonyl (C=O) groups excluding carboxylic acids is 3. The average Bonchev–Trinajstić information content (AvgIpc) is 2.71. The molecule has 148 valence electrons. The molecule has 5 nitrogen and oxygen atoms in total. The van der Waals surface area contributed by atoms with E-state index in [1.807, 2.05) is 19.1 Å². The molecule has 28 heavy (non-hydrogen) atoms. The second-order valence-corrected chi connectivity index (χ2v) is 6.50. The van der Waals surface area contributed by atoms with Crippen LogP contribution in [0, 0.1) is 0 Å². The van der Waals surface area contributed by atoms with Crippen molar-refractivity contribution in [1.29, 1.82) is 0 Å². The second-order valence-electron chi connectivity index (χ2n) is 6.50. The number of carbonyl (C=O) groups is 3. The molecular formula is C23H26O5. The third kappa shape index (κ3) is 6.05. The molecule has 0 N–H and O–H groups in total. The van der Waals surface area contributed by atoms with Gasteiger partial charge in [0, 0.05) is 12.0 Å². The summed E-state index contributed by atoms with van der Waals surface area (Å²) in [5.74, 6) is -2.13. The maximum Gasteiger partial charge on any atom is 0.359 e. The predicted molar refractivity (Wildman–Crippen MR) is 106 cm³/mol. The van der Waals surface area contributed by atoms with Gasteiger partial charge >= 0.3 is 17.9 Å². The van der Waals surface area contributed by atoms with Crippen LogP contribution in [0.5, 0.6) is 0 Å². The second kappa shape index (κ2) is 11.0. The Morgan fingerprint density at radius 1 is 0.893 bits per heavy atom. The Labute approximate surface area is 165 Å². The van der Waals surface area contributed by atoms with Gasteiger partial charge in [-0.1, -0.05) is 68.8 Å². The summed E-state index contributed by atoms with van der Waals surface area (Å²) >= 11 is 0. The Kier molecular flexibility index (Phi) is 8.40. The first kappa shape index (κ1) is 21.4. The summed E-state index contributed by atoms with van der Waals surface area (Å²) in [4.78, 5) is 37.1. The molecule has 0 aliphatic carbocycles. The maximum absolute atomic E-state index is 12.8. The topological polar surface area (TPSA) is 69.7 Å². The van der Waals surface area contributed by atoms with E-state index in [1.54, 1.807) is 42.5 Å². The van der Waals surface area contributed by atoms with Crippen LogP contribution in [0.3, 0.4) is 0 Å². The fourth-order valence-corrected chi connectivity index (χ4v) is 2.78. The lowest BCUT2D eigenvalue weighted by molar-refractivity contribution is -0.166. The minimum atomic E-state index is -1.30. The number of hydrogen-bond acceptors (Lipinski definition) is 5. The van der Waals surface area contributed by atoms with E-state index in [1.165, 1.54) is 0 Å². The lowest BCUT2D eigenvalue weighted by Gasteiger charge is -2.17. The Hall–Kier alpha value is -2.95. The van der Waals surface area contributed by atoms with Gasteiger partial charge in [-0.25, -0.2) is 9.59 Å². The molecule has 0 aliphatic rings. The van der Waals surface area contributed by atoms with Crippen molar-refractivity contribution < 1.29 is 23.9 Å². The molecule has 0 bridgehead atoms. The molecule has 0 aromatic heterocycles. The van der Waals surface area contributed by atoms with Crippen LogP contribution in [0.4, 0.5) is 0 Å². The molecule has 0 aliphatic heterocycles. The van der Waals surface area contributed by atoms with E-state index in [0.717, 1.165) is 24.8 Å². The standard InChI is InChI=1S/C23H26O5/c1-3-5-12-17-13-9-10-16-19(17)22(25)28-21(18-14-7-6-8-15-18)23(26)27-20(24)11-4-2/h6-10,13-16,21H,3-5,11-12H2,1-2H3. The van der Waals surface area contributed by atoms with Crippen molar-refractivity contribution in [2.45, 2.75) is 52.1 Å². The predicted octanol–water partition coefficient (Wildman–Crippen LogP) is 4.80. The molecule has 5 heteroatoms. The van der Waals surface area contributed by atoms with Gasteiger partial charge in [0.1, 0.15) is 0 Å². The lowest BCUT2D eigenvalue weighted by atomic mass is 10.0. The van der Waals surface area contributed by atoms with Crippen molar-refractivity contribution in [3.8, 4) is 0 Å². The summed E-state index contributed by atoms with van der Waals surface area (Å²) in [5, 5.41) is 0. The fourth-order valence-electron chi connectivity index (χ4n) is 2.78. The van der Waals surface area contributed by atoms with Crippen LogP contribution in [0.25, 0.3) is 0 Å². The summed E-state index contributed by atoms with van der Waals surface area (Å²) in [6, 6.07) is 15.8. The van der Waals surface area contributed by atoms with Crippen LogP contribution in [-0.4, -0.2) is 17.9 Å². The van der Waals surface area contributed by atoms with Crippen LogP contribution >= 0.6 is 0 Å². The molecule has 0 heterocycles. The zero-order valence-corrected chi connectivity index (χ0v) is 16.4. The van der Waals surface area contributed by atoms with E-state index in [4.69, 9.17) is 9.47 Å². The van der Waals surface area contributed by atoms with Gasteiger partial charge in [-0.05, 0) is 30.9 Å².